The third-order valence-corrected chi connectivity index (χ3v) is 10.3. The van der Waals surface area contributed by atoms with Gasteiger partial charge in [-0.3, -0.25) is 9.80 Å². The summed E-state index contributed by atoms with van der Waals surface area (Å²) >= 11 is 13.1. The molecule has 3 aliphatic rings. The summed E-state index contributed by atoms with van der Waals surface area (Å²) in [5.74, 6) is -3.66. The minimum Gasteiger partial charge on any atom is -0.619 e. The standard InChI is InChI=1S/C37H35Cl2F2N3O7/c1-49-31-10-9-22(15-32(31)50-2)25(16-26-27(38)18-43(48)19-28(26)39)34-23(5-3-6-24(34)36(45)46)17-44(30-8-4-7-29(40)35(30)41)37(47)51-33-20-42-13-11-21(33)12-14-42/h3-10,15,18-19,21,25,33H,11-14,16-17,20H2,1-2H3,(H,45,46)/t25-,33-/m0/s1. The van der Waals surface area contributed by atoms with Crippen LogP contribution >= 0.6 is 23.2 Å². The van der Waals surface area contributed by atoms with E-state index in [0.29, 0.717) is 39.5 Å². The fraction of sp³-hybridized carbons (Fsp3) is 0.324. The fourth-order valence-corrected chi connectivity index (χ4v) is 7.69. The molecule has 0 unspecified atom stereocenters. The maximum absolute atomic E-state index is 15.5. The number of halogens is 4. The van der Waals surface area contributed by atoms with Crippen LogP contribution in [0, 0.1) is 22.8 Å². The highest BCUT2D eigenvalue weighted by Crippen LogP contribution is 2.41. The number of nitrogens with zero attached hydrogens (tertiary/aromatic N) is 3. The Kier molecular flexibility index (Phi) is 10.8. The Labute approximate surface area is 303 Å². The molecule has 3 fully saturated rings. The minimum absolute atomic E-state index is 0.0103. The van der Waals surface area contributed by atoms with Gasteiger partial charge in [0.05, 0.1) is 32.0 Å². The highest BCUT2D eigenvalue weighted by molar-refractivity contribution is 6.35. The number of anilines is 1. The minimum atomic E-state index is -1.28. The lowest BCUT2D eigenvalue weighted by atomic mass is 9.80. The van der Waals surface area contributed by atoms with E-state index < -0.39 is 42.3 Å². The molecule has 268 valence electrons. The number of rotatable bonds is 11. The van der Waals surface area contributed by atoms with E-state index in [9.17, 15) is 24.3 Å². The molecule has 0 spiro atoms. The summed E-state index contributed by atoms with van der Waals surface area (Å²) in [5, 5.41) is 22.8. The van der Waals surface area contributed by atoms with Crippen molar-refractivity contribution in [3.63, 3.8) is 0 Å². The first-order chi connectivity index (χ1) is 24.5. The lowest BCUT2D eigenvalue weighted by Crippen LogP contribution is -2.53. The molecule has 3 aliphatic heterocycles. The van der Waals surface area contributed by atoms with E-state index in [-0.39, 0.29) is 39.2 Å². The quantitative estimate of drug-likeness (QED) is 0.127. The van der Waals surface area contributed by atoms with Crippen LogP contribution in [0.15, 0.2) is 67.0 Å². The first-order valence-corrected chi connectivity index (χ1v) is 17.0. The van der Waals surface area contributed by atoms with Crippen LogP contribution in [0.4, 0.5) is 19.3 Å². The number of pyridine rings is 1. The zero-order chi connectivity index (χ0) is 36.4. The number of piperidine rings is 3. The van der Waals surface area contributed by atoms with Crippen molar-refractivity contribution in [2.75, 3.05) is 38.8 Å². The zero-order valence-corrected chi connectivity index (χ0v) is 29.3. The van der Waals surface area contributed by atoms with Crippen LogP contribution in [-0.2, 0) is 17.7 Å². The van der Waals surface area contributed by atoms with Gasteiger partial charge in [0.25, 0.3) is 0 Å². The molecule has 1 amide bonds. The highest BCUT2D eigenvalue weighted by Gasteiger charge is 2.38. The number of methoxy groups -OCH3 is 2. The monoisotopic (exact) mass is 741 g/mol. The molecule has 51 heavy (non-hydrogen) atoms. The molecule has 10 nitrogen and oxygen atoms in total. The smallest absolute Gasteiger partial charge is 0.415 e. The van der Waals surface area contributed by atoms with Gasteiger partial charge in [0.15, 0.2) is 35.5 Å². The zero-order valence-electron chi connectivity index (χ0n) is 27.8. The number of carboxylic acid groups (broad SMARTS) is 1. The van der Waals surface area contributed by atoms with E-state index in [1.165, 1.54) is 38.5 Å². The molecule has 0 radical (unpaired) electrons. The van der Waals surface area contributed by atoms with Gasteiger partial charge in [-0.2, -0.15) is 4.73 Å². The maximum Gasteiger partial charge on any atom is 0.415 e. The number of benzene rings is 3. The third-order valence-electron chi connectivity index (χ3n) is 9.67. The summed E-state index contributed by atoms with van der Waals surface area (Å²) in [6, 6.07) is 13.1. The van der Waals surface area contributed by atoms with Gasteiger partial charge in [-0.1, -0.05) is 47.5 Å². The van der Waals surface area contributed by atoms with Crippen molar-refractivity contribution in [3.05, 3.63) is 122 Å². The Morgan fingerprint density at radius 2 is 1.71 bits per heavy atom. The number of hydrogen-bond donors (Lipinski definition) is 1. The Balaban J connectivity index is 1.51. The van der Waals surface area contributed by atoms with Crippen molar-refractivity contribution < 1.29 is 42.4 Å². The molecule has 3 saturated heterocycles. The molecular formula is C37H35Cl2F2N3O7. The predicted octanol–water partition coefficient (Wildman–Crippen LogP) is 7.23. The molecule has 4 heterocycles. The second-order valence-electron chi connectivity index (χ2n) is 12.6. The normalized spacial score (nSPS) is 18.6. The average molecular weight is 743 g/mol. The van der Waals surface area contributed by atoms with Crippen LogP contribution in [0.2, 0.25) is 10.0 Å². The van der Waals surface area contributed by atoms with Crippen molar-refractivity contribution in [2.45, 2.75) is 37.8 Å². The predicted molar refractivity (Wildman–Crippen MR) is 186 cm³/mol. The van der Waals surface area contributed by atoms with E-state index in [1.54, 1.807) is 24.3 Å². The third kappa shape index (κ3) is 7.53. The van der Waals surface area contributed by atoms with Crippen LogP contribution in [0.3, 0.4) is 0 Å². The number of amides is 1. The van der Waals surface area contributed by atoms with Crippen LogP contribution in [0.25, 0.3) is 0 Å². The first kappa shape index (κ1) is 36.2. The lowest BCUT2D eigenvalue weighted by Gasteiger charge is -2.44. The number of carbonyl (C=O) groups excluding carboxylic acids is 1. The van der Waals surface area contributed by atoms with Gasteiger partial charge in [0.2, 0.25) is 0 Å². The molecule has 4 aromatic rings. The van der Waals surface area contributed by atoms with Gasteiger partial charge in [0, 0.05) is 18.0 Å². The van der Waals surface area contributed by atoms with Gasteiger partial charge in [-0.15, -0.1) is 0 Å². The maximum atomic E-state index is 15.5. The molecule has 1 aromatic heterocycles. The van der Waals surface area contributed by atoms with Crippen molar-refractivity contribution in [1.29, 1.82) is 0 Å². The SMILES string of the molecule is COc1ccc([C@H](Cc2c(Cl)c[n+]([O-])cc2Cl)c2c(CN(C(=O)O[C@H]3CN4CCC3CC4)c3cccc(F)c3F)cccc2C(=O)O)cc1OC. The molecule has 1 N–H and O–H groups in total. The van der Waals surface area contributed by atoms with E-state index in [4.69, 9.17) is 37.4 Å². The number of aromatic carboxylic acids is 1. The summed E-state index contributed by atoms with van der Waals surface area (Å²) in [6.07, 6.45) is 2.61. The van der Waals surface area contributed by atoms with Crippen molar-refractivity contribution in [3.8, 4) is 11.5 Å². The average Bonchev–Trinajstić information content (AvgIpc) is 3.12. The summed E-state index contributed by atoms with van der Waals surface area (Å²) in [5.41, 5.74) is 0.939. The Morgan fingerprint density at radius 3 is 2.33 bits per heavy atom. The summed E-state index contributed by atoms with van der Waals surface area (Å²) in [6.45, 7) is 1.93. The van der Waals surface area contributed by atoms with E-state index in [0.717, 1.165) is 49.3 Å². The van der Waals surface area contributed by atoms with Crippen molar-refractivity contribution in [1.82, 2.24) is 4.90 Å². The van der Waals surface area contributed by atoms with Crippen molar-refractivity contribution >= 4 is 41.0 Å². The summed E-state index contributed by atoms with van der Waals surface area (Å²) < 4.78 is 47.7. The van der Waals surface area contributed by atoms with Crippen LogP contribution in [0.5, 0.6) is 11.5 Å². The lowest BCUT2D eigenvalue weighted by molar-refractivity contribution is -0.605. The van der Waals surface area contributed by atoms with E-state index in [1.807, 2.05) is 0 Å². The fourth-order valence-electron chi connectivity index (χ4n) is 7.09. The molecule has 0 aliphatic carbocycles. The van der Waals surface area contributed by atoms with Crippen LogP contribution in [0.1, 0.15) is 51.4 Å². The van der Waals surface area contributed by atoms with E-state index >= 15 is 4.39 Å². The van der Waals surface area contributed by atoms with Crippen LogP contribution in [-0.4, -0.2) is 62.0 Å². The number of fused-ring (bicyclic) bond motifs is 3. The van der Waals surface area contributed by atoms with Gasteiger partial charge in [0.1, 0.15) is 16.1 Å². The molecule has 7 rings (SSSR count). The van der Waals surface area contributed by atoms with E-state index in [2.05, 4.69) is 4.90 Å². The number of hydrogen-bond acceptors (Lipinski definition) is 7. The molecule has 0 saturated carbocycles. The first-order valence-electron chi connectivity index (χ1n) is 16.3. The summed E-state index contributed by atoms with van der Waals surface area (Å²) in [4.78, 5) is 30.2. The molecule has 2 bridgehead atoms. The number of ether oxygens (including phenoxy) is 3. The second kappa shape index (κ2) is 15.3. The number of carbonyl (C=O) groups is 2. The largest absolute Gasteiger partial charge is 0.619 e. The molecule has 3 aromatic carbocycles. The van der Waals surface area contributed by atoms with Gasteiger partial charge in [-0.05, 0) is 85.3 Å². The Morgan fingerprint density at radius 1 is 1.02 bits per heavy atom. The number of aromatic nitrogens is 1. The molecule has 2 atom stereocenters. The van der Waals surface area contributed by atoms with Crippen molar-refractivity contribution in [2.24, 2.45) is 5.92 Å². The summed E-state index contributed by atoms with van der Waals surface area (Å²) in [7, 11) is 2.93. The Bertz CT molecular complexity index is 1930. The second-order valence-corrected chi connectivity index (χ2v) is 13.4. The van der Waals surface area contributed by atoms with Gasteiger partial charge < -0.3 is 24.5 Å². The topological polar surface area (TPSA) is 115 Å². The number of carboxylic acids is 1. The highest BCUT2D eigenvalue weighted by atomic mass is 35.5. The Hall–Kier alpha value is -4.65. The molecular weight excluding hydrogens is 707 g/mol. The van der Waals surface area contributed by atoms with Gasteiger partial charge >= 0.3 is 12.1 Å². The molecule has 14 heteroatoms. The van der Waals surface area contributed by atoms with Crippen LogP contribution < -0.4 is 19.1 Å². The van der Waals surface area contributed by atoms with Gasteiger partial charge in [-0.25, -0.2) is 18.4 Å².